The zero-order valence-corrected chi connectivity index (χ0v) is 18.2. The van der Waals surface area contributed by atoms with Gasteiger partial charge in [-0.3, -0.25) is 9.59 Å². The van der Waals surface area contributed by atoms with Crippen molar-refractivity contribution < 1.29 is 14.3 Å². The summed E-state index contributed by atoms with van der Waals surface area (Å²) in [5.41, 5.74) is 3.91. The van der Waals surface area contributed by atoms with Gasteiger partial charge in [-0.15, -0.1) is 0 Å². The lowest BCUT2D eigenvalue weighted by Crippen LogP contribution is -2.50. The Morgan fingerprint density at radius 3 is 2.20 bits per heavy atom. The van der Waals surface area contributed by atoms with Gasteiger partial charge in [0.1, 0.15) is 5.75 Å². The van der Waals surface area contributed by atoms with Crippen molar-refractivity contribution in [3.05, 3.63) is 70.8 Å². The van der Waals surface area contributed by atoms with E-state index in [1.165, 1.54) is 5.56 Å². The number of benzene rings is 2. The first-order chi connectivity index (χ1) is 14.4. The number of piperazine rings is 1. The van der Waals surface area contributed by atoms with Crippen molar-refractivity contribution in [2.45, 2.75) is 26.7 Å². The van der Waals surface area contributed by atoms with E-state index in [9.17, 15) is 9.59 Å². The Labute approximate surface area is 178 Å². The fourth-order valence-electron chi connectivity index (χ4n) is 3.57. The summed E-state index contributed by atoms with van der Waals surface area (Å²) in [6.45, 7) is 8.42. The Bertz CT molecular complexity index is 924. The highest BCUT2D eigenvalue weighted by Gasteiger charge is 2.24. The molecule has 2 aromatic carbocycles. The van der Waals surface area contributed by atoms with Gasteiger partial charge in [-0.25, -0.2) is 0 Å². The average Bonchev–Trinajstić information content (AvgIpc) is 2.77. The molecular formula is C25H30N2O3. The van der Waals surface area contributed by atoms with Gasteiger partial charge in [0, 0.05) is 43.4 Å². The molecule has 0 unspecified atom stereocenters. The maximum Gasteiger partial charge on any atom is 0.253 e. The molecule has 3 rings (SSSR count). The van der Waals surface area contributed by atoms with E-state index in [2.05, 4.69) is 13.8 Å². The van der Waals surface area contributed by atoms with Crippen LogP contribution in [0.5, 0.6) is 5.75 Å². The molecule has 1 aliphatic rings. The fourth-order valence-corrected chi connectivity index (χ4v) is 3.57. The van der Waals surface area contributed by atoms with E-state index >= 15 is 0 Å². The summed E-state index contributed by atoms with van der Waals surface area (Å²) in [7, 11) is 1.62. The van der Waals surface area contributed by atoms with Crippen LogP contribution in [0.4, 0.5) is 0 Å². The number of amides is 2. The Hall–Kier alpha value is -3.08. The molecule has 0 aromatic heterocycles. The number of hydrogen-bond donors (Lipinski definition) is 0. The molecule has 1 fully saturated rings. The highest BCUT2D eigenvalue weighted by atomic mass is 16.5. The van der Waals surface area contributed by atoms with Gasteiger partial charge in [-0.1, -0.05) is 37.6 Å². The minimum absolute atomic E-state index is 0.0254. The third-order valence-corrected chi connectivity index (χ3v) is 5.49. The van der Waals surface area contributed by atoms with E-state index in [1.54, 1.807) is 24.2 Å². The Morgan fingerprint density at radius 2 is 1.60 bits per heavy atom. The predicted octanol–water partition coefficient (Wildman–Crippen LogP) is 4.12. The van der Waals surface area contributed by atoms with Crippen LogP contribution in [-0.2, 0) is 4.79 Å². The minimum atomic E-state index is -0.0491. The number of carbonyl (C=O) groups excluding carboxylic acids is 2. The summed E-state index contributed by atoms with van der Waals surface area (Å²) in [5, 5.41) is 0. The van der Waals surface area contributed by atoms with Gasteiger partial charge in [-0.2, -0.15) is 0 Å². The van der Waals surface area contributed by atoms with Crippen LogP contribution in [0.15, 0.2) is 48.5 Å². The fraction of sp³-hybridized carbons (Fsp3) is 0.360. The summed E-state index contributed by atoms with van der Waals surface area (Å²) < 4.78 is 5.36. The van der Waals surface area contributed by atoms with Crippen molar-refractivity contribution in [1.29, 1.82) is 0 Å². The quantitative estimate of drug-likeness (QED) is 0.702. The zero-order valence-electron chi connectivity index (χ0n) is 18.2. The molecule has 5 heteroatoms. The van der Waals surface area contributed by atoms with Gasteiger partial charge in [0.25, 0.3) is 5.91 Å². The van der Waals surface area contributed by atoms with Gasteiger partial charge < -0.3 is 14.5 Å². The summed E-state index contributed by atoms with van der Waals surface area (Å²) in [6, 6.07) is 13.7. The lowest BCUT2D eigenvalue weighted by Gasteiger charge is -2.34. The third kappa shape index (κ3) is 5.09. The second kappa shape index (κ2) is 9.61. The van der Waals surface area contributed by atoms with Crippen molar-refractivity contribution in [2.24, 2.45) is 0 Å². The Kier molecular flexibility index (Phi) is 6.93. The lowest BCUT2D eigenvalue weighted by molar-refractivity contribution is -0.127. The van der Waals surface area contributed by atoms with Gasteiger partial charge in [0.05, 0.1) is 7.11 Å². The Balaban J connectivity index is 1.58. The van der Waals surface area contributed by atoms with Crippen LogP contribution in [0.1, 0.15) is 46.8 Å². The summed E-state index contributed by atoms with van der Waals surface area (Å²) >= 11 is 0. The average molecular weight is 407 g/mol. The van der Waals surface area contributed by atoms with Gasteiger partial charge in [-0.05, 0) is 48.7 Å². The third-order valence-electron chi connectivity index (χ3n) is 5.49. The van der Waals surface area contributed by atoms with E-state index in [-0.39, 0.29) is 11.8 Å². The molecule has 2 amide bonds. The predicted molar refractivity (Wildman–Crippen MR) is 120 cm³/mol. The van der Waals surface area contributed by atoms with Crippen molar-refractivity contribution in [1.82, 2.24) is 9.80 Å². The number of methoxy groups -OCH3 is 1. The smallest absolute Gasteiger partial charge is 0.253 e. The van der Waals surface area contributed by atoms with Gasteiger partial charge in [0.15, 0.2) is 0 Å². The normalized spacial score (nSPS) is 14.4. The molecule has 0 bridgehead atoms. The highest BCUT2D eigenvalue weighted by molar-refractivity contribution is 5.95. The standard InChI is InChI=1S/C25H30N2O3/c1-18(2)20-6-8-21(9-7-20)25(29)27-15-13-26(14-16-27)24(28)12-10-22-17-19(3)5-11-23(22)30-4/h5-12,17-18H,13-16H2,1-4H3/b12-10+. The number of aryl methyl sites for hydroxylation is 1. The van der Waals surface area contributed by atoms with E-state index < -0.39 is 0 Å². The van der Waals surface area contributed by atoms with Gasteiger partial charge >= 0.3 is 0 Å². The lowest BCUT2D eigenvalue weighted by atomic mass is 10.0. The first-order valence-corrected chi connectivity index (χ1v) is 10.4. The highest BCUT2D eigenvalue weighted by Crippen LogP contribution is 2.21. The van der Waals surface area contributed by atoms with E-state index in [4.69, 9.17) is 4.74 Å². The van der Waals surface area contributed by atoms with Gasteiger partial charge in [0.2, 0.25) is 5.91 Å². The molecule has 0 atom stereocenters. The van der Waals surface area contributed by atoms with Crippen LogP contribution in [0.25, 0.3) is 6.08 Å². The first kappa shape index (κ1) is 21.6. The molecule has 1 aliphatic heterocycles. The van der Waals surface area contributed by atoms with Crippen molar-refractivity contribution in [2.75, 3.05) is 33.3 Å². The van der Waals surface area contributed by atoms with Crippen molar-refractivity contribution in [3.63, 3.8) is 0 Å². The summed E-state index contributed by atoms with van der Waals surface area (Å²) in [4.78, 5) is 29.0. The van der Waals surface area contributed by atoms with Crippen LogP contribution in [0, 0.1) is 6.92 Å². The number of rotatable bonds is 5. The monoisotopic (exact) mass is 406 g/mol. The second-order valence-corrected chi connectivity index (χ2v) is 7.97. The molecule has 0 aliphatic carbocycles. The second-order valence-electron chi connectivity index (χ2n) is 7.97. The van der Waals surface area contributed by atoms with Crippen LogP contribution < -0.4 is 4.74 Å². The first-order valence-electron chi connectivity index (χ1n) is 10.4. The molecule has 0 radical (unpaired) electrons. The number of hydrogen-bond acceptors (Lipinski definition) is 3. The Morgan fingerprint density at radius 1 is 0.967 bits per heavy atom. The zero-order chi connectivity index (χ0) is 21.7. The number of carbonyl (C=O) groups is 2. The molecule has 158 valence electrons. The molecular weight excluding hydrogens is 376 g/mol. The topological polar surface area (TPSA) is 49.9 Å². The van der Waals surface area contributed by atoms with Crippen molar-refractivity contribution in [3.8, 4) is 5.75 Å². The molecule has 5 nitrogen and oxygen atoms in total. The van der Waals surface area contributed by atoms with Crippen LogP contribution in [-0.4, -0.2) is 54.9 Å². The number of ether oxygens (including phenoxy) is 1. The summed E-state index contributed by atoms with van der Waals surface area (Å²) in [5.74, 6) is 1.16. The largest absolute Gasteiger partial charge is 0.496 e. The molecule has 1 saturated heterocycles. The SMILES string of the molecule is COc1ccc(C)cc1/C=C/C(=O)N1CCN(C(=O)c2ccc(C(C)C)cc2)CC1. The molecule has 1 heterocycles. The van der Waals surface area contributed by atoms with Crippen molar-refractivity contribution >= 4 is 17.9 Å². The van der Waals surface area contributed by atoms with Crippen LogP contribution >= 0.6 is 0 Å². The number of nitrogens with zero attached hydrogens (tertiary/aromatic N) is 2. The minimum Gasteiger partial charge on any atom is -0.496 e. The van der Waals surface area contributed by atoms with Crippen LogP contribution in [0.2, 0.25) is 0 Å². The maximum absolute atomic E-state index is 12.8. The molecule has 0 spiro atoms. The molecule has 30 heavy (non-hydrogen) atoms. The maximum atomic E-state index is 12.8. The van der Waals surface area contributed by atoms with E-state index in [1.807, 2.05) is 54.3 Å². The molecule has 2 aromatic rings. The van der Waals surface area contributed by atoms with E-state index in [0.29, 0.717) is 37.7 Å². The van der Waals surface area contributed by atoms with Crippen LogP contribution in [0.3, 0.4) is 0 Å². The molecule has 0 saturated carbocycles. The van der Waals surface area contributed by atoms with E-state index in [0.717, 1.165) is 16.9 Å². The molecule has 0 N–H and O–H groups in total. The summed E-state index contributed by atoms with van der Waals surface area (Å²) in [6.07, 6.45) is 3.38.